The Morgan fingerprint density at radius 2 is 1.80 bits per heavy atom. The number of carbonyl (C=O) groups excluding carboxylic acids is 1. The molecule has 0 atom stereocenters. The van der Waals surface area contributed by atoms with Crippen molar-refractivity contribution in [1.82, 2.24) is 15.3 Å². The second-order valence-electron chi connectivity index (χ2n) is 8.12. The number of anilines is 1. The van der Waals surface area contributed by atoms with Gasteiger partial charge >= 0.3 is 6.36 Å². The monoisotopic (exact) mass is 486 g/mol. The number of ether oxygens (including phenoxy) is 2. The van der Waals surface area contributed by atoms with Crippen LogP contribution < -0.4 is 19.7 Å². The van der Waals surface area contributed by atoms with Gasteiger partial charge in [-0.2, -0.15) is 0 Å². The minimum atomic E-state index is -4.79. The number of hydrogen-bond acceptors (Lipinski definition) is 6. The summed E-state index contributed by atoms with van der Waals surface area (Å²) in [6.45, 7) is 1.22. The molecule has 1 aromatic heterocycles. The van der Waals surface area contributed by atoms with Gasteiger partial charge in [0.2, 0.25) is 5.91 Å². The Bertz CT molecular complexity index is 1150. The van der Waals surface area contributed by atoms with Crippen molar-refractivity contribution in [3.05, 3.63) is 66.5 Å². The van der Waals surface area contributed by atoms with Crippen LogP contribution in [0.15, 0.2) is 60.9 Å². The number of methoxy groups -OCH3 is 1. The third-order valence-corrected chi connectivity index (χ3v) is 5.88. The Morgan fingerprint density at radius 1 is 1.09 bits per heavy atom. The third kappa shape index (κ3) is 6.40. The van der Waals surface area contributed by atoms with Crippen molar-refractivity contribution < 1.29 is 27.4 Å². The lowest BCUT2D eigenvalue weighted by Gasteiger charge is -2.32. The molecule has 1 aliphatic heterocycles. The maximum absolute atomic E-state index is 12.7. The molecule has 0 aliphatic carbocycles. The smallest absolute Gasteiger partial charge is 0.497 e. The fraction of sp³-hybridized carbons (Fsp3) is 0.320. The van der Waals surface area contributed by atoms with Gasteiger partial charge in [0.25, 0.3) is 0 Å². The fourth-order valence-corrected chi connectivity index (χ4v) is 4.01. The predicted octanol–water partition coefficient (Wildman–Crippen LogP) is 4.58. The van der Waals surface area contributed by atoms with Gasteiger partial charge in [0, 0.05) is 42.7 Å². The topological polar surface area (TPSA) is 76.6 Å². The normalized spacial score (nSPS) is 14.5. The Balaban J connectivity index is 1.32. The summed E-state index contributed by atoms with van der Waals surface area (Å²) < 4.78 is 47.1. The Labute approximate surface area is 200 Å². The van der Waals surface area contributed by atoms with E-state index in [0.29, 0.717) is 25.9 Å². The number of benzene rings is 2. The number of aromatic nitrogens is 2. The van der Waals surface area contributed by atoms with Crippen molar-refractivity contribution in [2.45, 2.75) is 25.7 Å². The average Bonchev–Trinajstić information content (AvgIpc) is 2.87. The second kappa shape index (κ2) is 10.6. The van der Waals surface area contributed by atoms with Gasteiger partial charge < -0.3 is 19.7 Å². The number of carbonyl (C=O) groups is 1. The molecular weight excluding hydrogens is 461 g/mol. The molecule has 10 heteroatoms. The van der Waals surface area contributed by atoms with E-state index < -0.39 is 6.36 Å². The van der Waals surface area contributed by atoms with Crippen LogP contribution in [0.25, 0.3) is 11.3 Å². The van der Waals surface area contributed by atoms with Crippen LogP contribution in [-0.2, 0) is 11.3 Å². The number of para-hydroxylation sites is 1. The first kappa shape index (κ1) is 24.3. The zero-order chi connectivity index (χ0) is 24.8. The van der Waals surface area contributed by atoms with Gasteiger partial charge in [-0.25, -0.2) is 9.97 Å². The fourth-order valence-electron chi connectivity index (χ4n) is 4.01. The van der Waals surface area contributed by atoms with Crippen LogP contribution in [-0.4, -0.2) is 42.4 Å². The summed E-state index contributed by atoms with van der Waals surface area (Å²) in [4.78, 5) is 23.5. The predicted molar refractivity (Wildman–Crippen MR) is 124 cm³/mol. The molecule has 2 aromatic carbocycles. The molecule has 3 aromatic rings. The van der Waals surface area contributed by atoms with E-state index >= 15 is 0 Å². The van der Waals surface area contributed by atoms with Crippen molar-refractivity contribution >= 4 is 11.7 Å². The molecule has 2 heterocycles. The Morgan fingerprint density at radius 3 is 2.49 bits per heavy atom. The van der Waals surface area contributed by atoms with Crippen molar-refractivity contribution in [3.8, 4) is 22.8 Å². The molecule has 1 amide bonds. The number of rotatable bonds is 7. The summed E-state index contributed by atoms with van der Waals surface area (Å²) in [5.74, 6) is 0.812. The first-order chi connectivity index (χ1) is 16.8. The maximum atomic E-state index is 12.7. The molecule has 1 fully saturated rings. The molecule has 0 saturated carbocycles. The van der Waals surface area contributed by atoms with Gasteiger partial charge in [0.05, 0.1) is 12.8 Å². The molecule has 1 saturated heterocycles. The highest BCUT2D eigenvalue weighted by atomic mass is 19.4. The van der Waals surface area contributed by atoms with Crippen molar-refractivity contribution in [2.75, 3.05) is 25.1 Å². The number of nitrogens with one attached hydrogen (secondary N) is 1. The minimum absolute atomic E-state index is 0.0393. The summed E-state index contributed by atoms with van der Waals surface area (Å²) in [6.07, 6.45) is -2.06. The van der Waals surface area contributed by atoms with Gasteiger partial charge in [-0.05, 0) is 43.2 Å². The van der Waals surface area contributed by atoms with E-state index in [1.165, 1.54) is 24.5 Å². The van der Waals surface area contributed by atoms with Crippen LogP contribution >= 0.6 is 0 Å². The quantitative estimate of drug-likeness (QED) is 0.527. The average molecular weight is 486 g/mol. The van der Waals surface area contributed by atoms with E-state index in [1.54, 1.807) is 13.2 Å². The number of halogens is 3. The SMILES string of the molecule is COc1ccc(-c2cc(N3CCC(C(=O)NCc4ccccc4OC(F)(F)F)CC3)ncn2)cc1. The van der Waals surface area contributed by atoms with Crippen LogP contribution in [0.3, 0.4) is 0 Å². The molecule has 0 spiro atoms. The molecule has 0 unspecified atom stereocenters. The van der Waals surface area contributed by atoms with Crippen LogP contribution in [0.4, 0.5) is 19.0 Å². The highest BCUT2D eigenvalue weighted by Gasteiger charge is 2.32. The van der Waals surface area contributed by atoms with Crippen LogP contribution in [0.1, 0.15) is 18.4 Å². The summed E-state index contributed by atoms with van der Waals surface area (Å²) in [6, 6.07) is 15.3. The van der Waals surface area contributed by atoms with E-state index in [4.69, 9.17) is 4.74 Å². The Hall–Kier alpha value is -3.82. The summed E-state index contributed by atoms with van der Waals surface area (Å²) in [5.41, 5.74) is 2.00. The standard InChI is InChI=1S/C25H25F3N4O3/c1-34-20-8-6-17(7-9-20)21-14-23(31-16-30-21)32-12-10-18(11-13-32)24(33)29-15-19-4-2-3-5-22(19)35-25(26,27)28/h2-9,14,16,18H,10-13,15H2,1H3,(H,29,33). The molecule has 184 valence electrons. The summed E-state index contributed by atoms with van der Waals surface area (Å²) >= 11 is 0. The number of nitrogens with zero attached hydrogens (tertiary/aromatic N) is 3. The van der Waals surface area contributed by atoms with Crippen LogP contribution in [0.2, 0.25) is 0 Å². The van der Waals surface area contributed by atoms with Crippen LogP contribution in [0.5, 0.6) is 11.5 Å². The van der Waals surface area contributed by atoms with Gasteiger partial charge in [-0.15, -0.1) is 13.2 Å². The number of amides is 1. The number of piperidine rings is 1. The number of hydrogen-bond donors (Lipinski definition) is 1. The minimum Gasteiger partial charge on any atom is -0.497 e. The maximum Gasteiger partial charge on any atom is 0.573 e. The molecule has 1 aliphatic rings. The van der Waals surface area contributed by atoms with E-state index in [9.17, 15) is 18.0 Å². The molecular formula is C25H25F3N4O3. The lowest BCUT2D eigenvalue weighted by atomic mass is 9.95. The molecule has 7 nitrogen and oxygen atoms in total. The summed E-state index contributed by atoms with van der Waals surface area (Å²) in [5, 5.41) is 2.75. The molecule has 35 heavy (non-hydrogen) atoms. The lowest BCUT2D eigenvalue weighted by molar-refractivity contribution is -0.274. The van der Waals surface area contributed by atoms with E-state index in [0.717, 1.165) is 22.8 Å². The van der Waals surface area contributed by atoms with Crippen LogP contribution in [0, 0.1) is 5.92 Å². The molecule has 1 N–H and O–H groups in total. The van der Waals surface area contributed by atoms with Gasteiger partial charge in [-0.1, -0.05) is 18.2 Å². The zero-order valence-electron chi connectivity index (χ0n) is 19.1. The first-order valence-corrected chi connectivity index (χ1v) is 11.1. The lowest BCUT2D eigenvalue weighted by Crippen LogP contribution is -2.40. The van der Waals surface area contributed by atoms with Crippen molar-refractivity contribution in [1.29, 1.82) is 0 Å². The van der Waals surface area contributed by atoms with Gasteiger partial charge in [0.1, 0.15) is 23.6 Å². The van der Waals surface area contributed by atoms with Crippen molar-refractivity contribution in [2.24, 2.45) is 5.92 Å². The largest absolute Gasteiger partial charge is 0.573 e. The molecule has 0 radical (unpaired) electrons. The highest BCUT2D eigenvalue weighted by Crippen LogP contribution is 2.28. The third-order valence-electron chi connectivity index (χ3n) is 5.88. The zero-order valence-corrected chi connectivity index (χ0v) is 19.1. The van der Waals surface area contributed by atoms with E-state index in [2.05, 4.69) is 24.9 Å². The molecule has 4 rings (SSSR count). The highest BCUT2D eigenvalue weighted by molar-refractivity contribution is 5.79. The summed E-state index contributed by atoms with van der Waals surface area (Å²) in [7, 11) is 1.61. The van der Waals surface area contributed by atoms with Gasteiger partial charge in [-0.3, -0.25) is 4.79 Å². The van der Waals surface area contributed by atoms with E-state index in [1.807, 2.05) is 30.3 Å². The van der Waals surface area contributed by atoms with Gasteiger partial charge in [0.15, 0.2) is 0 Å². The number of alkyl halides is 3. The van der Waals surface area contributed by atoms with E-state index in [-0.39, 0.29) is 29.7 Å². The second-order valence-corrected chi connectivity index (χ2v) is 8.12. The molecule has 0 bridgehead atoms. The van der Waals surface area contributed by atoms with Crippen molar-refractivity contribution in [3.63, 3.8) is 0 Å². The first-order valence-electron chi connectivity index (χ1n) is 11.1. The Kier molecular flexibility index (Phi) is 7.38.